The Morgan fingerprint density at radius 3 is 2.73 bits per heavy atom. The third-order valence-electron chi connectivity index (χ3n) is 3.04. The molecule has 8 heteroatoms. The van der Waals surface area contributed by atoms with Crippen LogP contribution >= 0.6 is 11.3 Å². The zero-order valence-corrected chi connectivity index (χ0v) is 13.2. The summed E-state index contributed by atoms with van der Waals surface area (Å²) in [5, 5.41) is 5.98. The second kappa shape index (κ2) is 6.39. The first-order chi connectivity index (χ1) is 10.6. The van der Waals surface area contributed by atoms with Crippen LogP contribution < -0.4 is 4.72 Å². The molecule has 0 atom stereocenters. The van der Waals surface area contributed by atoms with Gasteiger partial charge in [0, 0.05) is 30.7 Å². The minimum atomic E-state index is -3.41. The van der Waals surface area contributed by atoms with Gasteiger partial charge in [-0.05, 0) is 29.1 Å². The van der Waals surface area contributed by atoms with E-state index in [4.69, 9.17) is 0 Å². The molecule has 3 aromatic rings. The fraction of sp³-hybridized carbons (Fsp3) is 0.143. The fourth-order valence-electron chi connectivity index (χ4n) is 1.96. The van der Waals surface area contributed by atoms with Crippen molar-refractivity contribution < 1.29 is 8.42 Å². The molecule has 3 rings (SSSR count). The highest BCUT2D eigenvalue weighted by Gasteiger charge is 2.14. The standard InChI is InChI=1S/C14H14N4O2S2/c19-22(20,14-2-1-9-21-14)17-7-8-18-11-13(10-16-18)12-3-5-15-6-4-12/h1-6,9-11,17H,7-8H2. The van der Waals surface area contributed by atoms with E-state index in [0.717, 1.165) is 11.1 Å². The summed E-state index contributed by atoms with van der Waals surface area (Å²) in [5.74, 6) is 0. The zero-order valence-electron chi connectivity index (χ0n) is 11.6. The molecule has 0 fully saturated rings. The van der Waals surface area contributed by atoms with Crippen LogP contribution in [-0.4, -0.2) is 29.7 Å². The molecule has 0 unspecified atom stereocenters. The molecule has 3 aromatic heterocycles. The van der Waals surface area contributed by atoms with Crippen LogP contribution in [0, 0.1) is 0 Å². The van der Waals surface area contributed by atoms with Gasteiger partial charge in [-0.2, -0.15) is 5.10 Å². The summed E-state index contributed by atoms with van der Waals surface area (Å²) in [4.78, 5) is 3.98. The van der Waals surface area contributed by atoms with Gasteiger partial charge in [-0.1, -0.05) is 6.07 Å². The normalized spacial score (nSPS) is 11.6. The number of hydrogen-bond acceptors (Lipinski definition) is 5. The van der Waals surface area contributed by atoms with E-state index in [2.05, 4.69) is 14.8 Å². The Morgan fingerprint density at radius 2 is 2.00 bits per heavy atom. The number of sulfonamides is 1. The van der Waals surface area contributed by atoms with E-state index >= 15 is 0 Å². The Labute approximate surface area is 132 Å². The SMILES string of the molecule is O=S(=O)(NCCn1cc(-c2ccncc2)cn1)c1cccs1. The van der Waals surface area contributed by atoms with Gasteiger partial charge in [0.1, 0.15) is 4.21 Å². The van der Waals surface area contributed by atoms with Crippen molar-refractivity contribution in [3.8, 4) is 11.1 Å². The maximum Gasteiger partial charge on any atom is 0.250 e. The first-order valence-corrected chi connectivity index (χ1v) is 8.97. The van der Waals surface area contributed by atoms with Crippen LogP contribution in [0.3, 0.4) is 0 Å². The molecule has 22 heavy (non-hydrogen) atoms. The molecule has 6 nitrogen and oxygen atoms in total. The van der Waals surface area contributed by atoms with Gasteiger partial charge in [0.05, 0.1) is 12.7 Å². The van der Waals surface area contributed by atoms with Crippen LogP contribution in [0.25, 0.3) is 11.1 Å². The minimum absolute atomic E-state index is 0.289. The topological polar surface area (TPSA) is 76.9 Å². The summed E-state index contributed by atoms with van der Waals surface area (Å²) in [7, 11) is -3.41. The van der Waals surface area contributed by atoms with Crippen molar-refractivity contribution in [1.29, 1.82) is 0 Å². The van der Waals surface area contributed by atoms with E-state index in [9.17, 15) is 8.42 Å². The smallest absolute Gasteiger partial charge is 0.250 e. The molecule has 114 valence electrons. The fourth-order valence-corrected chi connectivity index (χ4v) is 4.02. The van der Waals surface area contributed by atoms with Gasteiger partial charge in [-0.3, -0.25) is 9.67 Å². The van der Waals surface area contributed by atoms with Crippen molar-refractivity contribution in [2.24, 2.45) is 0 Å². The second-order valence-electron chi connectivity index (χ2n) is 4.56. The Morgan fingerprint density at radius 1 is 1.18 bits per heavy atom. The lowest BCUT2D eigenvalue weighted by Crippen LogP contribution is -2.26. The lowest BCUT2D eigenvalue weighted by Gasteiger charge is -2.04. The predicted octanol–water partition coefficient (Wildman–Crippen LogP) is 1.99. The van der Waals surface area contributed by atoms with Gasteiger partial charge in [0.25, 0.3) is 0 Å². The summed E-state index contributed by atoms with van der Waals surface area (Å²) < 4.78 is 28.6. The van der Waals surface area contributed by atoms with E-state index in [1.165, 1.54) is 11.3 Å². The molecular formula is C14H14N4O2S2. The largest absolute Gasteiger partial charge is 0.271 e. The molecule has 0 bridgehead atoms. The second-order valence-corrected chi connectivity index (χ2v) is 7.50. The number of thiophene rings is 1. The van der Waals surface area contributed by atoms with Crippen molar-refractivity contribution in [3.63, 3.8) is 0 Å². The number of rotatable bonds is 6. The summed E-state index contributed by atoms with van der Waals surface area (Å²) >= 11 is 1.20. The van der Waals surface area contributed by atoms with Gasteiger partial charge in [0.15, 0.2) is 0 Å². The molecule has 3 heterocycles. The van der Waals surface area contributed by atoms with E-state index in [-0.39, 0.29) is 6.54 Å². The van der Waals surface area contributed by atoms with Crippen molar-refractivity contribution in [2.45, 2.75) is 10.8 Å². The van der Waals surface area contributed by atoms with Gasteiger partial charge >= 0.3 is 0 Å². The Balaban J connectivity index is 1.60. The van der Waals surface area contributed by atoms with E-state index < -0.39 is 10.0 Å². The van der Waals surface area contributed by atoms with Gasteiger partial charge in [0.2, 0.25) is 10.0 Å². The molecule has 0 saturated carbocycles. The van der Waals surface area contributed by atoms with Crippen molar-refractivity contribution in [3.05, 3.63) is 54.4 Å². The average molecular weight is 334 g/mol. The summed E-state index contributed by atoms with van der Waals surface area (Å²) in [5.41, 5.74) is 2.00. The summed E-state index contributed by atoms with van der Waals surface area (Å²) in [6.45, 7) is 0.757. The minimum Gasteiger partial charge on any atom is -0.271 e. The monoisotopic (exact) mass is 334 g/mol. The Bertz CT molecular complexity index is 827. The van der Waals surface area contributed by atoms with Gasteiger partial charge < -0.3 is 0 Å². The Kier molecular flexibility index (Phi) is 4.32. The van der Waals surface area contributed by atoms with Crippen LogP contribution in [0.4, 0.5) is 0 Å². The number of nitrogens with zero attached hydrogens (tertiary/aromatic N) is 3. The molecule has 0 aliphatic rings. The molecule has 0 saturated heterocycles. The molecule has 0 aromatic carbocycles. The molecule has 0 amide bonds. The summed E-state index contributed by atoms with van der Waals surface area (Å²) in [6.07, 6.45) is 7.08. The zero-order chi connectivity index (χ0) is 15.4. The number of pyridine rings is 1. The lowest BCUT2D eigenvalue weighted by molar-refractivity contribution is 0.562. The van der Waals surface area contributed by atoms with Crippen molar-refractivity contribution in [1.82, 2.24) is 19.5 Å². The molecular weight excluding hydrogens is 320 g/mol. The third kappa shape index (κ3) is 3.41. The maximum absolute atomic E-state index is 12.0. The van der Waals surface area contributed by atoms with Crippen LogP contribution in [0.15, 0.2) is 58.6 Å². The van der Waals surface area contributed by atoms with Gasteiger partial charge in [-0.25, -0.2) is 13.1 Å². The highest BCUT2D eigenvalue weighted by Crippen LogP contribution is 2.17. The van der Waals surface area contributed by atoms with E-state index in [0.29, 0.717) is 10.8 Å². The number of hydrogen-bond donors (Lipinski definition) is 1. The predicted molar refractivity (Wildman–Crippen MR) is 85.0 cm³/mol. The van der Waals surface area contributed by atoms with Crippen LogP contribution in [0.2, 0.25) is 0 Å². The van der Waals surface area contributed by atoms with E-state index in [1.807, 2.05) is 18.3 Å². The number of nitrogens with one attached hydrogen (secondary N) is 1. The quantitative estimate of drug-likeness (QED) is 0.748. The molecule has 0 aliphatic heterocycles. The van der Waals surface area contributed by atoms with E-state index in [1.54, 1.807) is 40.8 Å². The first-order valence-electron chi connectivity index (χ1n) is 6.61. The lowest BCUT2D eigenvalue weighted by atomic mass is 10.1. The van der Waals surface area contributed by atoms with Crippen LogP contribution in [0.1, 0.15) is 0 Å². The molecule has 0 radical (unpaired) electrons. The third-order valence-corrected chi connectivity index (χ3v) is 5.90. The highest BCUT2D eigenvalue weighted by molar-refractivity contribution is 7.91. The highest BCUT2D eigenvalue weighted by atomic mass is 32.2. The van der Waals surface area contributed by atoms with Crippen LogP contribution in [-0.2, 0) is 16.6 Å². The first kappa shape index (κ1) is 14.9. The molecule has 1 N–H and O–H groups in total. The van der Waals surface area contributed by atoms with Crippen LogP contribution in [0.5, 0.6) is 0 Å². The average Bonchev–Trinajstić information content (AvgIpc) is 3.20. The van der Waals surface area contributed by atoms with Crippen molar-refractivity contribution in [2.75, 3.05) is 6.54 Å². The summed E-state index contributed by atoms with van der Waals surface area (Å²) in [6, 6.07) is 7.11. The van der Waals surface area contributed by atoms with Crippen molar-refractivity contribution >= 4 is 21.4 Å². The number of aromatic nitrogens is 3. The molecule has 0 aliphatic carbocycles. The maximum atomic E-state index is 12.0. The molecule has 0 spiro atoms. The van der Waals surface area contributed by atoms with Gasteiger partial charge in [-0.15, -0.1) is 11.3 Å². The Hall–Kier alpha value is -2.03.